The Balaban J connectivity index is 1.29. The zero-order valence-electron chi connectivity index (χ0n) is 29.2. The summed E-state index contributed by atoms with van der Waals surface area (Å²) in [6.07, 6.45) is 5.46. The number of fused-ring (bicyclic) bond motifs is 1. The van der Waals surface area contributed by atoms with Gasteiger partial charge in [0.25, 0.3) is 0 Å². The van der Waals surface area contributed by atoms with Gasteiger partial charge < -0.3 is 34.4 Å². The average molecular weight is 802 g/mol. The van der Waals surface area contributed by atoms with Gasteiger partial charge in [0.2, 0.25) is 0 Å². The fourth-order valence-electron chi connectivity index (χ4n) is 6.25. The summed E-state index contributed by atoms with van der Waals surface area (Å²) in [6, 6.07) is 14.2. The predicted molar refractivity (Wildman–Crippen MR) is 202 cm³/mol. The van der Waals surface area contributed by atoms with E-state index in [1.807, 2.05) is 30.5 Å². The minimum atomic E-state index is -1.20. The van der Waals surface area contributed by atoms with Crippen LogP contribution in [0.4, 0.5) is 0 Å². The molecular formula is C38H46BrClN4O8. The zero-order valence-corrected chi connectivity index (χ0v) is 31.6. The number of methoxy groups -OCH3 is 1. The van der Waals surface area contributed by atoms with Gasteiger partial charge in [-0.1, -0.05) is 41.9 Å². The van der Waals surface area contributed by atoms with E-state index in [4.69, 9.17) is 30.9 Å². The lowest BCUT2D eigenvalue weighted by molar-refractivity contribution is -0.140. The zero-order chi connectivity index (χ0) is 37.0. The first-order valence-electron chi connectivity index (χ1n) is 17.5. The summed E-state index contributed by atoms with van der Waals surface area (Å²) in [4.78, 5) is 26.2. The molecule has 0 unspecified atom stereocenters. The Kier molecular flexibility index (Phi) is 14.9. The van der Waals surface area contributed by atoms with Crippen LogP contribution < -0.4 is 14.8 Å². The summed E-state index contributed by atoms with van der Waals surface area (Å²) >= 11 is 10.5. The third-order valence-corrected chi connectivity index (χ3v) is 10.3. The van der Waals surface area contributed by atoms with Gasteiger partial charge >= 0.3 is 5.97 Å². The molecule has 3 aromatic carbocycles. The number of carboxylic acid groups (broad SMARTS) is 1. The highest BCUT2D eigenvalue weighted by atomic mass is 79.9. The van der Waals surface area contributed by atoms with Gasteiger partial charge in [-0.2, -0.15) is 5.10 Å². The number of unbranched alkanes of at least 4 members (excludes halogenated alkanes) is 1. The standard InChI is InChI=1S/C38H46BrClN4O8/c1-50-16-6-8-28(47)24-52-35-18-36(32(40)17-26(35)19-41-33(22-45)38(48)49)51-23-25-7-4-10-30(37(25)39)29-9-5-11-34-31(29)20-42-44(34)14-3-2-13-43-15-12-27(46)21-43/h4-5,7,9-11,17-18,20,27,33,41,45-46H,2-3,6,8,12-16,19,21-24H2,1H3,(H,48,49)/t27-,33+/m1/s1. The molecule has 1 fully saturated rings. The quantitative estimate of drug-likeness (QED) is 0.0795. The van der Waals surface area contributed by atoms with Gasteiger partial charge in [0.05, 0.1) is 29.4 Å². The number of likely N-dealkylation sites (tertiary alicyclic amines) is 1. The molecule has 0 bridgehead atoms. The van der Waals surface area contributed by atoms with E-state index >= 15 is 0 Å². The number of β-amino-alcohol motifs (C(OH)–C–C–N with tert-alkyl or cyclic N) is 1. The topological polar surface area (TPSA) is 156 Å². The van der Waals surface area contributed by atoms with E-state index in [1.54, 1.807) is 19.2 Å². The number of nitrogens with one attached hydrogen (secondary N) is 1. The van der Waals surface area contributed by atoms with Crippen LogP contribution in [-0.4, -0.2) is 100 Å². The third-order valence-electron chi connectivity index (χ3n) is 9.11. The predicted octanol–water partition coefficient (Wildman–Crippen LogP) is 5.45. The van der Waals surface area contributed by atoms with Crippen LogP contribution in [0.1, 0.15) is 43.2 Å². The lowest BCUT2D eigenvalue weighted by Crippen LogP contribution is -2.39. The number of aromatic nitrogens is 2. The average Bonchev–Trinajstić information content (AvgIpc) is 3.75. The number of carboxylic acids is 1. The Labute approximate surface area is 316 Å². The van der Waals surface area contributed by atoms with Crippen molar-refractivity contribution in [3.8, 4) is 22.6 Å². The van der Waals surface area contributed by atoms with Gasteiger partial charge in [-0.3, -0.25) is 19.6 Å². The minimum Gasteiger partial charge on any atom is -0.487 e. The first kappa shape index (κ1) is 39.6. The molecule has 14 heteroatoms. The van der Waals surface area contributed by atoms with E-state index in [2.05, 4.69) is 43.0 Å². The summed E-state index contributed by atoms with van der Waals surface area (Å²) in [5.41, 5.74) is 4.46. The van der Waals surface area contributed by atoms with Crippen molar-refractivity contribution >= 4 is 50.2 Å². The largest absolute Gasteiger partial charge is 0.487 e. The van der Waals surface area contributed by atoms with Crippen LogP contribution in [0.2, 0.25) is 5.02 Å². The molecule has 0 amide bonds. The second-order valence-electron chi connectivity index (χ2n) is 12.9. The van der Waals surface area contributed by atoms with Crippen LogP contribution in [-0.2, 0) is 34.0 Å². The van der Waals surface area contributed by atoms with Gasteiger partial charge in [-0.25, -0.2) is 0 Å². The summed E-state index contributed by atoms with van der Waals surface area (Å²) < 4.78 is 20.1. The number of hydrogen-bond acceptors (Lipinski definition) is 10. The van der Waals surface area contributed by atoms with Crippen molar-refractivity contribution in [3.05, 3.63) is 75.4 Å². The van der Waals surface area contributed by atoms with Crippen LogP contribution in [0.15, 0.2) is 59.2 Å². The molecule has 1 aromatic heterocycles. The van der Waals surface area contributed by atoms with Crippen molar-refractivity contribution in [2.24, 2.45) is 0 Å². The molecule has 2 atom stereocenters. The number of rotatable bonds is 21. The SMILES string of the molecule is COCCCC(=O)COc1cc(OCc2cccc(-c3cccc4c3cnn4CCCCN3CC[C@@H](O)C3)c2Br)c(Cl)cc1CN[C@@H](CO)C(=O)O. The second kappa shape index (κ2) is 19.5. The number of hydrogen-bond donors (Lipinski definition) is 4. The summed E-state index contributed by atoms with van der Waals surface area (Å²) in [7, 11) is 1.57. The monoisotopic (exact) mass is 800 g/mol. The first-order chi connectivity index (χ1) is 25.2. The van der Waals surface area contributed by atoms with Gasteiger partial charge in [-0.05, 0) is 71.4 Å². The first-order valence-corrected chi connectivity index (χ1v) is 18.6. The number of halogens is 2. The maximum Gasteiger partial charge on any atom is 0.323 e. The number of nitrogens with zero attached hydrogens (tertiary/aromatic N) is 3. The molecule has 1 aliphatic rings. The lowest BCUT2D eigenvalue weighted by Gasteiger charge is -2.18. The molecule has 4 N–H and O–H groups in total. The van der Waals surface area contributed by atoms with E-state index in [0.717, 1.165) is 77.5 Å². The maximum atomic E-state index is 12.5. The fraction of sp³-hybridized carbons (Fsp3) is 0.447. The molecule has 0 aliphatic carbocycles. The Morgan fingerprint density at radius 2 is 1.85 bits per heavy atom. The van der Waals surface area contributed by atoms with E-state index < -0.39 is 18.6 Å². The highest BCUT2D eigenvalue weighted by molar-refractivity contribution is 9.10. The Bertz CT molecular complexity index is 1820. The highest BCUT2D eigenvalue weighted by Crippen LogP contribution is 2.38. The fourth-order valence-corrected chi connectivity index (χ4v) is 7.08. The van der Waals surface area contributed by atoms with Gasteiger partial charge in [0.1, 0.15) is 30.8 Å². The van der Waals surface area contributed by atoms with E-state index in [0.29, 0.717) is 30.1 Å². The van der Waals surface area contributed by atoms with E-state index in [9.17, 15) is 24.9 Å². The van der Waals surface area contributed by atoms with Crippen LogP contribution >= 0.6 is 27.5 Å². The van der Waals surface area contributed by atoms with Crippen LogP contribution in [0, 0.1) is 0 Å². The van der Waals surface area contributed by atoms with E-state index in [1.165, 1.54) is 0 Å². The highest BCUT2D eigenvalue weighted by Gasteiger charge is 2.21. The lowest BCUT2D eigenvalue weighted by atomic mass is 10.00. The van der Waals surface area contributed by atoms with Gasteiger partial charge in [0.15, 0.2) is 5.78 Å². The molecule has 0 radical (unpaired) electrons. The molecular weight excluding hydrogens is 756 g/mol. The number of Topliss-reactive ketones (excluding diaryl/α,β-unsaturated/α-hetero) is 1. The van der Waals surface area contributed by atoms with Crippen molar-refractivity contribution in [3.63, 3.8) is 0 Å². The number of aryl methyl sites for hydroxylation is 1. The smallest absolute Gasteiger partial charge is 0.323 e. The molecule has 280 valence electrons. The number of aliphatic carboxylic acids is 1. The molecule has 0 saturated carbocycles. The van der Waals surface area contributed by atoms with Crippen LogP contribution in [0.25, 0.3) is 22.0 Å². The second-order valence-corrected chi connectivity index (χ2v) is 14.1. The molecule has 5 rings (SSSR count). The molecule has 4 aromatic rings. The number of aliphatic hydroxyl groups excluding tert-OH is 2. The number of carbonyl (C=O) groups excluding carboxylic acids is 1. The van der Waals surface area contributed by atoms with Crippen molar-refractivity contribution in [1.29, 1.82) is 0 Å². The normalized spacial score (nSPS) is 15.3. The van der Waals surface area contributed by atoms with E-state index in [-0.39, 0.29) is 43.1 Å². The van der Waals surface area contributed by atoms with Crippen molar-refractivity contribution < 1.29 is 39.1 Å². The maximum absolute atomic E-state index is 12.5. The number of aliphatic hydroxyl groups is 2. The molecule has 1 saturated heterocycles. The molecule has 52 heavy (non-hydrogen) atoms. The number of benzene rings is 3. The molecule has 1 aliphatic heterocycles. The summed E-state index contributed by atoms with van der Waals surface area (Å²) in [5.74, 6) is -0.688. The summed E-state index contributed by atoms with van der Waals surface area (Å²) in [6.45, 7) is 3.36. The Morgan fingerprint density at radius 3 is 2.60 bits per heavy atom. The number of ketones is 1. The van der Waals surface area contributed by atoms with Crippen LogP contribution in [0.3, 0.4) is 0 Å². The van der Waals surface area contributed by atoms with Gasteiger partial charge in [0, 0.05) is 73.4 Å². The van der Waals surface area contributed by atoms with Crippen molar-refractivity contribution in [2.75, 3.05) is 46.6 Å². The summed E-state index contributed by atoms with van der Waals surface area (Å²) in [5, 5.41) is 37.4. The Morgan fingerprint density at radius 1 is 1.06 bits per heavy atom. The molecule has 12 nitrogen and oxygen atoms in total. The third kappa shape index (κ3) is 10.5. The Hall–Kier alpha value is -3.56. The number of ether oxygens (including phenoxy) is 3. The van der Waals surface area contributed by atoms with Crippen LogP contribution in [0.5, 0.6) is 11.5 Å². The van der Waals surface area contributed by atoms with Gasteiger partial charge in [-0.15, -0.1) is 0 Å². The van der Waals surface area contributed by atoms with Crippen molar-refractivity contribution in [1.82, 2.24) is 20.0 Å². The number of carbonyl (C=O) groups is 2. The van der Waals surface area contributed by atoms with Crippen molar-refractivity contribution in [2.45, 2.75) is 63.9 Å². The minimum absolute atomic E-state index is 0.0179. The molecule has 0 spiro atoms. The molecule has 2 heterocycles.